The molecular formula is C10H12BrNO3S. The van der Waals surface area contributed by atoms with Crippen molar-refractivity contribution in [2.45, 2.75) is 13.5 Å². The van der Waals surface area contributed by atoms with E-state index in [1.807, 2.05) is 12.1 Å². The Morgan fingerprint density at radius 3 is 2.69 bits per heavy atom. The van der Waals surface area contributed by atoms with Crippen molar-refractivity contribution in [3.05, 3.63) is 20.8 Å². The molecule has 1 heterocycles. The van der Waals surface area contributed by atoms with Crippen LogP contribution in [0.3, 0.4) is 0 Å². The topological polar surface area (TPSA) is 46.6 Å². The van der Waals surface area contributed by atoms with Crippen LogP contribution in [0.5, 0.6) is 0 Å². The summed E-state index contributed by atoms with van der Waals surface area (Å²) in [6, 6.07) is 3.81. The molecule has 1 amide bonds. The first-order chi connectivity index (χ1) is 7.54. The second-order valence-corrected chi connectivity index (χ2v) is 5.64. The zero-order chi connectivity index (χ0) is 12.1. The number of hydrogen-bond donors (Lipinski definition) is 0. The largest absolute Gasteiger partial charge is 0.459 e. The monoisotopic (exact) mass is 305 g/mol. The van der Waals surface area contributed by atoms with E-state index in [4.69, 9.17) is 0 Å². The van der Waals surface area contributed by atoms with Gasteiger partial charge in [-0.3, -0.25) is 4.79 Å². The number of carbonyl (C=O) groups is 2. The van der Waals surface area contributed by atoms with Gasteiger partial charge in [0.1, 0.15) is 0 Å². The molecule has 0 unspecified atom stereocenters. The summed E-state index contributed by atoms with van der Waals surface area (Å²) in [5, 5.41) is 0. The van der Waals surface area contributed by atoms with Crippen molar-refractivity contribution < 1.29 is 14.3 Å². The highest BCUT2D eigenvalue weighted by Gasteiger charge is 2.20. The number of rotatable bonds is 3. The maximum Gasteiger partial charge on any atom is 0.397 e. The van der Waals surface area contributed by atoms with E-state index in [2.05, 4.69) is 20.7 Å². The van der Waals surface area contributed by atoms with Gasteiger partial charge in [-0.25, -0.2) is 4.79 Å². The molecule has 88 valence electrons. The number of halogens is 1. The average Bonchev–Trinajstić information content (AvgIpc) is 2.63. The lowest BCUT2D eigenvalue weighted by atomic mass is 10.4. The maximum atomic E-state index is 11.5. The van der Waals surface area contributed by atoms with Crippen LogP contribution in [0, 0.1) is 0 Å². The molecule has 6 heteroatoms. The van der Waals surface area contributed by atoms with Crippen LogP contribution in [-0.4, -0.2) is 30.4 Å². The SMILES string of the molecule is CCOC(=O)C(=O)N(C)Cc1ccc(Br)s1. The third kappa shape index (κ3) is 3.61. The lowest BCUT2D eigenvalue weighted by molar-refractivity contribution is -0.159. The Kier molecular flexibility index (Phi) is 4.95. The summed E-state index contributed by atoms with van der Waals surface area (Å²) in [7, 11) is 1.58. The predicted molar refractivity (Wildman–Crippen MR) is 65.1 cm³/mol. The van der Waals surface area contributed by atoms with Gasteiger partial charge in [-0.2, -0.15) is 0 Å². The molecule has 0 aliphatic rings. The van der Waals surface area contributed by atoms with Gasteiger partial charge >= 0.3 is 11.9 Å². The molecule has 16 heavy (non-hydrogen) atoms. The highest BCUT2D eigenvalue weighted by molar-refractivity contribution is 9.11. The lowest BCUT2D eigenvalue weighted by Crippen LogP contribution is -2.33. The fourth-order valence-corrected chi connectivity index (χ4v) is 2.63. The Hall–Kier alpha value is -0.880. The van der Waals surface area contributed by atoms with Gasteiger partial charge in [-0.15, -0.1) is 11.3 Å². The summed E-state index contributed by atoms with van der Waals surface area (Å²) in [5.74, 6) is -1.42. The van der Waals surface area contributed by atoms with E-state index in [1.54, 1.807) is 14.0 Å². The molecule has 0 spiro atoms. The molecule has 4 nitrogen and oxygen atoms in total. The number of carbonyl (C=O) groups excluding carboxylic acids is 2. The first-order valence-corrected chi connectivity index (χ1v) is 6.32. The van der Waals surface area contributed by atoms with E-state index >= 15 is 0 Å². The molecule has 1 rings (SSSR count). The molecule has 0 radical (unpaired) electrons. The fourth-order valence-electron chi connectivity index (χ4n) is 1.09. The Morgan fingerprint density at radius 1 is 1.50 bits per heavy atom. The van der Waals surface area contributed by atoms with Gasteiger partial charge in [-0.05, 0) is 35.0 Å². The Balaban J connectivity index is 2.55. The highest BCUT2D eigenvalue weighted by Crippen LogP contribution is 2.22. The Morgan fingerprint density at radius 2 is 2.19 bits per heavy atom. The zero-order valence-electron chi connectivity index (χ0n) is 9.03. The minimum atomic E-state index is -0.805. The van der Waals surface area contributed by atoms with E-state index in [0.717, 1.165) is 8.66 Å². The van der Waals surface area contributed by atoms with Gasteiger partial charge in [0.2, 0.25) is 0 Å². The van der Waals surface area contributed by atoms with E-state index in [0.29, 0.717) is 6.54 Å². The summed E-state index contributed by atoms with van der Waals surface area (Å²) >= 11 is 4.87. The molecule has 0 saturated heterocycles. The van der Waals surface area contributed by atoms with E-state index < -0.39 is 11.9 Å². The Labute approximate surface area is 106 Å². The molecule has 0 atom stereocenters. The zero-order valence-corrected chi connectivity index (χ0v) is 11.4. The number of esters is 1. The van der Waals surface area contributed by atoms with Crippen molar-refractivity contribution in [3.8, 4) is 0 Å². The molecule has 0 aliphatic heterocycles. The van der Waals surface area contributed by atoms with Crippen LogP contribution in [0.25, 0.3) is 0 Å². The number of thiophene rings is 1. The standard InChI is InChI=1S/C10H12BrNO3S/c1-3-15-10(14)9(13)12(2)6-7-4-5-8(11)16-7/h4-5H,3,6H2,1-2H3. The Bertz CT molecular complexity index is 391. The van der Waals surface area contributed by atoms with Crippen molar-refractivity contribution in [2.24, 2.45) is 0 Å². The van der Waals surface area contributed by atoms with Gasteiger partial charge in [0.05, 0.1) is 16.9 Å². The predicted octanol–water partition coefficient (Wildman–Crippen LogP) is 2.03. The number of hydrogen-bond acceptors (Lipinski definition) is 4. The number of likely N-dealkylation sites (N-methyl/N-ethyl adjacent to an activating group) is 1. The summed E-state index contributed by atoms with van der Waals surface area (Å²) in [6.07, 6.45) is 0. The van der Waals surface area contributed by atoms with Crippen LogP contribution in [0.15, 0.2) is 15.9 Å². The molecule has 0 N–H and O–H groups in total. The van der Waals surface area contributed by atoms with Crippen LogP contribution in [0.1, 0.15) is 11.8 Å². The number of ether oxygens (including phenoxy) is 1. The molecule has 0 fully saturated rings. The molecule has 1 aromatic rings. The molecule has 1 aromatic heterocycles. The second-order valence-electron chi connectivity index (χ2n) is 3.09. The van der Waals surface area contributed by atoms with E-state index in [1.165, 1.54) is 16.2 Å². The summed E-state index contributed by atoms with van der Waals surface area (Å²) in [4.78, 5) is 25.0. The molecule has 0 aliphatic carbocycles. The van der Waals surface area contributed by atoms with Crippen LogP contribution < -0.4 is 0 Å². The van der Waals surface area contributed by atoms with Crippen molar-refractivity contribution in [1.82, 2.24) is 4.90 Å². The van der Waals surface area contributed by atoms with Crippen LogP contribution in [0.2, 0.25) is 0 Å². The van der Waals surface area contributed by atoms with Crippen molar-refractivity contribution in [2.75, 3.05) is 13.7 Å². The third-order valence-electron chi connectivity index (χ3n) is 1.82. The summed E-state index contributed by atoms with van der Waals surface area (Å²) < 4.78 is 5.63. The van der Waals surface area contributed by atoms with Crippen molar-refractivity contribution in [3.63, 3.8) is 0 Å². The first-order valence-electron chi connectivity index (χ1n) is 4.71. The highest BCUT2D eigenvalue weighted by atomic mass is 79.9. The van der Waals surface area contributed by atoms with Crippen molar-refractivity contribution >= 4 is 39.1 Å². The number of amides is 1. The van der Waals surface area contributed by atoms with Gasteiger partial charge in [0.25, 0.3) is 0 Å². The van der Waals surface area contributed by atoms with Gasteiger partial charge in [-0.1, -0.05) is 0 Å². The first kappa shape index (κ1) is 13.2. The van der Waals surface area contributed by atoms with Gasteiger partial charge < -0.3 is 9.64 Å². The van der Waals surface area contributed by atoms with E-state index in [-0.39, 0.29) is 6.61 Å². The average molecular weight is 306 g/mol. The maximum absolute atomic E-state index is 11.5. The van der Waals surface area contributed by atoms with Crippen LogP contribution >= 0.6 is 27.3 Å². The normalized spacial score (nSPS) is 9.94. The summed E-state index contributed by atoms with van der Waals surface area (Å²) in [6.45, 7) is 2.29. The smallest absolute Gasteiger partial charge is 0.397 e. The molecule has 0 saturated carbocycles. The number of nitrogens with zero attached hydrogens (tertiary/aromatic N) is 1. The fraction of sp³-hybridized carbons (Fsp3) is 0.400. The summed E-state index contributed by atoms with van der Waals surface area (Å²) in [5.41, 5.74) is 0. The van der Waals surface area contributed by atoms with Crippen molar-refractivity contribution in [1.29, 1.82) is 0 Å². The molecule has 0 aromatic carbocycles. The third-order valence-corrected chi connectivity index (χ3v) is 3.43. The minimum Gasteiger partial charge on any atom is -0.459 e. The second kappa shape index (κ2) is 6.00. The van der Waals surface area contributed by atoms with Crippen LogP contribution in [-0.2, 0) is 20.9 Å². The van der Waals surface area contributed by atoms with Gasteiger partial charge in [0.15, 0.2) is 0 Å². The van der Waals surface area contributed by atoms with Gasteiger partial charge in [0, 0.05) is 11.9 Å². The molecule has 0 bridgehead atoms. The van der Waals surface area contributed by atoms with Crippen LogP contribution in [0.4, 0.5) is 0 Å². The quantitative estimate of drug-likeness (QED) is 0.634. The minimum absolute atomic E-state index is 0.211. The molecular weight excluding hydrogens is 294 g/mol. The lowest BCUT2D eigenvalue weighted by Gasteiger charge is -2.14. The van der Waals surface area contributed by atoms with E-state index in [9.17, 15) is 9.59 Å².